The molecule has 1 rings (SSSR count). The van der Waals surface area contributed by atoms with Crippen LogP contribution in [0.1, 0.15) is 5.56 Å². The third kappa shape index (κ3) is 3.79. The Bertz CT molecular complexity index is 382. The summed E-state index contributed by atoms with van der Waals surface area (Å²) in [6.07, 6.45) is 0. The maximum Gasteiger partial charge on any atom is 0.236 e. The summed E-state index contributed by atoms with van der Waals surface area (Å²) in [7, 11) is 3.38. The molecule has 0 aliphatic carbocycles. The molecule has 3 nitrogen and oxygen atoms in total. The summed E-state index contributed by atoms with van der Waals surface area (Å²) in [5.74, 6) is -0.378. The van der Waals surface area contributed by atoms with Gasteiger partial charge >= 0.3 is 0 Å². The molecule has 16 heavy (non-hydrogen) atoms. The summed E-state index contributed by atoms with van der Waals surface area (Å²) in [5.41, 5.74) is 0.773. The highest BCUT2D eigenvalue weighted by Crippen LogP contribution is 2.16. The fourth-order valence-electron chi connectivity index (χ4n) is 1.13. The van der Waals surface area contributed by atoms with Gasteiger partial charge in [-0.25, -0.2) is 4.39 Å². The van der Waals surface area contributed by atoms with E-state index in [-0.39, 0.29) is 18.3 Å². The summed E-state index contributed by atoms with van der Waals surface area (Å²) in [4.78, 5) is 12.7. The first kappa shape index (κ1) is 12.9. The van der Waals surface area contributed by atoms with Gasteiger partial charge in [0.05, 0.1) is 6.54 Å². The number of likely N-dealkylation sites (N-methyl/N-ethyl adjacent to an activating group) is 1. The summed E-state index contributed by atoms with van der Waals surface area (Å²) in [5, 5.41) is 3.31. The molecule has 1 amide bonds. The lowest BCUT2D eigenvalue weighted by molar-refractivity contribution is -0.127. The number of benzene rings is 1. The Hall–Kier alpha value is -1.13. The largest absolute Gasteiger partial charge is 0.348 e. The molecule has 0 fully saturated rings. The molecule has 0 radical (unpaired) electrons. The van der Waals surface area contributed by atoms with E-state index in [1.54, 1.807) is 20.2 Å². The normalized spacial score (nSPS) is 10.2. The van der Waals surface area contributed by atoms with Crippen LogP contribution in [-0.2, 0) is 11.3 Å². The number of nitrogens with zero attached hydrogens (tertiary/aromatic N) is 1. The van der Waals surface area contributed by atoms with Crippen molar-refractivity contribution in [2.24, 2.45) is 0 Å². The highest BCUT2D eigenvalue weighted by atomic mass is 35.5. The Morgan fingerprint density at radius 1 is 1.50 bits per heavy atom. The van der Waals surface area contributed by atoms with Crippen LogP contribution in [0.3, 0.4) is 0 Å². The van der Waals surface area contributed by atoms with Crippen molar-refractivity contribution in [3.63, 3.8) is 0 Å². The van der Waals surface area contributed by atoms with E-state index in [9.17, 15) is 9.18 Å². The first-order valence-electron chi connectivity index (χ1n) is 4.85. The number of amides is 1. The van der Waals surface area contributed by atoms with Crippen molar-refractivity contribution in [3.05, 3.63) is 34.6 Å². The summed E-state index contributed by atoms with van der Waals surface area (Å²) >= 11 is 5.83. The first-order chi connectivity index (χ1) is 7.50. The molecule has 0 atom stereocenters. The van der Waals surface area contributed by atoms with Gasteiger partial charge in [0.1, 0.15) is 5.82 Å². The van der Waals surface area contributed by atoms with E-state index in [4.69, 9.17) is 11.6 Å². The van der Waals surface area contributed by atoms with Crippen LogP contribution in [0.2, 0.25) is 5.02 Å². The molecule has 0 bridgehead atoms. The fourth-order valence-corrected chi connectivity index (χ4v) is 1.36. The lowest BCUT2D eigenvalue weighted by Gasteiger charge is -2.11. The van der Waals surface area contributed by atoms with Gasteiger partial charge in [-0.1, -0.05) is 17.7 Å². The lowest BCUT2D eigenvalue weighted by atomic mass is 10.2. The number of nitrogens with one attached hydrogen (secondary N) is 1. The van der Waals surface area contributed by atoms with Crippen LogP contribution >= 0.6 is 11.6 Å². The van der Waals surface area contributed by atoms with Crippen LogP contribution in [0.25, 0.3) is 0 Å². The standard InChI is InChI=1S/C11H14ClFN2O/c1-15(2)11(16)7-14-6-8-3-4-9(13)5-10(8)12/h3-5,14H,6-7H2,1-2H3. The molecule has 1 aromatic carbocycles. The van der Waals surface area contributed by atoms with E-state index >= 15 is 0 Å². The van der Waals surface area contributed by atoms with Gasteiger partial charge in [-0.3, -0.25) is 4.79 Å². The maximum atomic E-state index is 12.7. The van der Waals surface area contributed by atoms with Crippen molar-refractivity contribution < 1.29 is 9.18 Å². The molecule has 0 heterocycles. The molecule has 0 unspecified atom stereocenters. The van der Waals surface area contributed by atoms with Crippen molar-refractivity contribution in [1.82, 2.24) is 10.2 Å². The smallest absolute Gasteiger partial charge is 0.236 e. The summed E-state index contributed by atoms with van der Waals surface area (Å²) in [6.45, 7) is 0.680. The molecular formula is C11H14ClFN2O. The zero-order valence-electron chi connectivity index (χ0n) is 9.26. The van der Waals surface area contributed by atoms with Crippen LogP contribution in [0.4, 0.5) is 4.39 Å². The average Bonchev–Trinajstić information content (AvgIpc) is 2.20. The number of hydrogen-bond acceptors (Lipinski definition) is 2. The highest BCUT2D eigenvalue weighted by molar-refractivity contribution is 6.31. The van der Waals surface area contributed by atoms with Gasteiger partial charge in [0.25, 0.3) is 0 Å². The molecular weight excluding hydrogens is 231 g/mol. The van der Waals surface area contributed by atoms with Crippen molar-refractivity contribution in [2.75, 3.05) is 20.6 Å². The Morgan fingerprint density at radius 2 is 2.19 bits per heavy atom. The Balaban J connectivity index is 2.46. The predicted molar refractivity (Wildman–Crippen MR) is 61.8 cm³/mol. The average molecular weight is 245 g/mol. The number of carbonyl (C=O) groups is 1. The summed E-state index contributed by atoms with van der Waals surface area (Å²) in [6, 6.07) is 4.20. The number of rotatable bonds is 4. The minimum absolute atomic E-state index is 0.0155. The first-order valence-corrected chi connectivity index (χ1v) is 5.23. The Morgan fingerprint density at radius 3 is 2.75 bits per heavy atom. The monoisotopic (exact) mass is 244 g/mol. The molecule has 0 saturated carbocycles. The predicted octanol–water partition coefficient (Wildman–Crippen LogP) is 1.66. The van der Waals surface area contributed by atoms with Gasteiger partial charge in [0, 0.05) is 25.7 Å². The van der Waals surface area contributed by atoms with Crippen LogP contribution in [0.5, 0.6) is 0 Å². The van der Waals surface area contributed by atoms with E-state index in [0.717, 1.165) is 5.56 Å². The lowest BCUT2D eigenvalue weighted by Crippen LogP contribution is -2.32. The van der Waals surface area contributed by atoms with Crippen molar-refractivity contribution >= 4 is 17.5 Å². The van der Waals surface area contributed by atoms with Gasteiger partial charge in [0.2, 0.25) is 5.91 Å². The van der Waals surface area contributed by atoms with E-state index in [1.807, 2.05) is 0 Å². The van der Waals surface area contributed by atoms with Crippen LogP contribution in [-0.4, -0.2) is 31.4 Å². The van der Waals surface area contributed by atoms with E-state index < -0.39 is 0 Å². The molecule has 0 aliphatic heterocycles. The molecule has 1 N–H and O–H groups in total. The minimum atomic E-state index is -0.363. The van der Waals surface area contributed by atoms with E-state index in [0.29, 0.717) is 11.6 Å². The number of hydrogen-bond donors (Lipinski definition) is 1. The fraction of sp³-hybridized carbons (Fsp3) is 0.364. The van der Waals surface area contributed by atoms with Crippen molar-refractivity contribution in [2.45, 2.75) is 6.54 Å². The number of halogens is 2. The van der Waals surface area contributed by atoms with Crippen molar-refractivity contribution in [3.8, 4) is 0 Å². The van der Waals surface area contributed by atoms with Gasteiger partial charge in [0.15, 0.2) is 0 Å². The quantitative estimate of drug-likeness (QED) is 0.874. The van der Waals surface area contributed by atoms with Gasteiger partial charge in [-0.15, -0.1) is 0 Å². The van der Waals surface area contributed by atoms with E-state index in [2.05, 4.69) is 5.32 Å². The second kappa shape index (κ2) is 5.82. The number of carbonyl (C=O) groups excluding carboxylic acids is 1. The zero-order chi connectivity index (χ0) is 12.1. The van der Waals surface area contributed by atoms with E-state index in [1.165, 1.54) is 17.0 Å². The second-order valence-corrected chi connectivity index (χ2v) is 4.03. The second-order valence-electron chi connectivity index (χ2n) is 3.63. The Labute approximate surface area is 99.2 Å². The molecule has 0 spiro atoms. The third-order valence-electron chi connectivity index (χ3n) is 2.11. The van der Waals surface area contributed by atoms with Crippen molar-refractivity contribution in [1.29, 1.82) is 0 Å². The molecule has 1 aromatic rings. The molecule has 0 aromatic heterocycles. The SMILES string of the molecule is CN(C)C(=O)CNCc1ccc(F)cc1Cl. The molecule has 5 heteroatoms. The van der Waals surface area contributed by atoms with Gasteiger partial charge < -0.3 is 10.2 Å². The van der Waals surface area contributed by atoms with Crippen LogP contribution in [0, 0.1) is 5.82 Å². The molecule has 0 aliphatic rings. The van der Waals surface area contributed by atoms with Crippen LogP contribution in [0.15, 0.2) is 18.2 Å². The zero-order valence-corrected chi connectivity index (χ0v) is 10.0. The highest BCUT2D eigenvalue weighted by Gasteiger charge is 2.05. The van der Waals surface area contributed by atoms with Crippen LogP contribution < -0.4 is 5.32 Å². The van der Waals surface area contributed by atoms with Gasteiger partial charge in [-0.2, -0.15) is 0 Å². The molecule has 88 valence electrons. The maximum absolute atomic E-state index is 12.7. The topological polar surface area (TPSA) is 32.3 Å². The summed E-state index contributed by atoms with van der Waals surface area (Å²) < 4.78 is 12.7. The molecule has 0 saturated heterocycles. The third-order valence-corrected chi connectivity index (χ3v) is 2.46. The Kier molecular flexibility index (Phi) is 4.71. The van der Waals surface area contributed by atoms with Gasteiger partial charge in [-0.05, 0) is 17.7 Å². The minimum Gasteiger partial charge on any atom is -0.348 e.